The van der Waals surface area contributed by atoms with Crippen LogP contribution in [0, 0.1) is 6.92 Å². The van der Waals surface area contributed by atoms with Gasteiger partial charge in [-0.1, -0.05) is 28.1 Å². The number of ketones is 2. The smallest absolute Gasteiger partial charge is 0.355 e. The second-order valence-electron chi connectivity index (χ2n) is 4.99. The van der Waals surface area contributed by atoms with Crippen molar-refractivity contribution in [1.82, 2.24) is 4.98 Å². The van der Waals surface area contributed by atoms with E-state index in [4.69, 9.17) is 4.74 Å². The van der Waals surface area contributed by atoms with Crippen LogP contribution in [0.3, 0.4) is 0 Å². The number of hydrogen-bond acceptors (Lipinski definition) is 4. The van der Waals surface area contributed by atoms with Crippen molar-refractivity contribution in [1.29, 1.82) is 0 Å². The maximum Gasteiger partial charge on any atom is 0.355 e. The summed E-state index contributed by atoms with van der Waals surface area (Å²) in [6.45, 7) is 4.87. The normalized spacial score (nSPS) is 10.4. The van der Waals surface area contributed by atoms with Crippen LogP contribution in [0.1, 0.15) is 56.3 Å². The van der Waals surface area contributed by atoms with Gasteiger partial charge in [0.05, 0.1) is 17.9 Å². The maximum absolute atomic E-state index is 12.8. The van der Waals surface area contributed by atoms with Gasteiger partial charge < -0.3 is 9.72 Å². The van der Waals surface area contributed by atoms with Crippen molar-refractivity contribution in [3.05, 3.63) is 56.8 Å². The van der Waals surface area contributed by atoms with Crippen LogP contribution in [0.5, 0.6) is 0 Å². The molecule has 0 radical (unpaired) electrons. The van der Waals surface area contributed by atoms with Crippen molar-refractivity contribution < 1.29 is 19.1 Å². The standard InChI is InChI=1S/C17H16BrNO4/c1-4-23-17(22)14-9(2)13(15(19-14)10(3)20)16(21)11-6-5-7-12(18)8-11/h5-8,19H,4H2,1-3H3. The number of aromatic amines is 1. The maximum atomic E-state index is 12.8. The average molecular weight is 378 g/mol. The van der Waals surface area contributed by atoms with Gasteiger partial charge in [-0.25, -0.2) is 4.79 Å². The van der Waals surface area contributed by atoms with Crippen LogP contribution in [0.25, 0.3) is 0 Å². The summed E-state index contributed by atoms with van der Waals surface area (Å²) in [4.78, 5) is 39.4. The molecule has 1 N–H and O–H groups in total. The van der Waals surface area contributed by atoms with E-state index in [0.29, 0.717) is 11.1 Å². The zero-order valence-electron chi connectivity index (χ0n) is 13.0. The molecule has 0 aliphatic rings. The number of carbonyl (C=O) groups excluding carboxylic acids is 3. The Balaban J connectivity index is 2.58. The highest BCUT2D eigenvalue weighted by Gasteiger charge is 2.27. The zero-order valence-corrected chi connectivity index (χ0v) is 14.6. The zero-order chi connectivity index (χ0) is 17.1. The van der Waals surface area contributed by atoms with Gasteiger partial charge in [0.2, 0.25) is 0 Å². The third-order valence-electron chi connectivity index (χ3n) is 3.40. The molecule has 6 heteroatoms. The number of benzene rings is 1. The van der Waals surface area contributed by atoms with Crippen molar-refractivity contribution in [3.63, 3.8) is 0 Å². The van der Waals surface area contributed by atoms with E-state index in [9.17, 15) is 14.4 Å². The van der Waals surface area contributed by atoms with Crippen molar-refractivity contribution in [2.24, 2.45) is 0 Å². The highest BCUT2D eigenvalue weighted by Crippen LogP contribution is 2.24. The van der Waals surface area contributed by atoms with Crippen LogP contribution in [-0.4, -0.2) is 29.1 Å². The number of Topliss-reactive ketones (excluding diaryl/α,β-unsaturated/α-hetero) is 1. The van der Waals surface area contributed by atoms with E-state index >= 15 is 0 Å². The molecular formula is C17H16BrNO4. The van der Waals surface area contributed by atoms with Gasteiger partial charge in [0, 0.05) is 17.0 Å². The third kappa shape index (κ3) is 3.42. The van der Waals surface area contributed by atoms with E-state index in [1.54, 1.807) is 38.1 Å². The lowest BCUT2D eigenvalue weighted by molar-refractivity contribution is 0.0519. The highest BCUT2D eigenvalue weighted by molar-refractivity contribution is 9.10. The molecule has 0 unspecified atom stereocenters. The number of nitrogens with one attached hydrogen (secondary N) is 1. The Morgan fingerprint density at radius 1 is 1.22 bits per heavy atom. The molecule has 2 aromatic rings. The Labute approximate surface area is 142 Å². The van der Waals surface area contributed by atoms with Crippen LogP contribution >= 0.6 is 15.9 Å². The number of esters is 1. The molecule has 0 atom stereocenters. The minimum absolute atomic E-state index is 0.121. The Hall–Kier alpha value is -2.21. The number of H-pyrrole nitrogens is 1. The number of carbonyl (C=O) groups is 3. The summed E-state index contributed by atoms with van der Waals surface area (Å²) in [7, 11) is 0. The quantitative estimate of drug-likeness (QED) is 0.636. The lowest BCUT2D eigenvalue weighted by atomic mass is 9.98. The predicted molar refractivity (Wildman–Crippen MR) is 89.1 cm³/mol. The van der Waals surface area contributed by atoms with Gasteiger partial charge in [0.15, 0.2) is 11.6 Å². The molecule has 0 saturated carbocycles. The molecule has 1 aromatic heterocycles. The number of halogens is 1. The largest absolute Gasteiger partial charge is 0.461 e. The summed E-state index contributed by atoms with van der Waals surface area (Å²) in [5.74, 6) is -1.22. The molecule has 0 fully saturated rings. The molecule has 1 heterocycles. The number of aromatic nitrogens is 1. The Bertz CT molecular complexity index is 792. The third-order valence-corrected chi connectivity index (χ3v) is 3.89. The second kappa shape index (κ2) is 6.91. The van der Waals surface area contributed by atoms with Crippen molar-refractivity contribution >= 4 is 33.5 Å². The summed E-state index contributed by atoms with van der Waals surface area (Å²) in [5, 5.41) is 0. The second-order valence-corrected chi connectivity index (χ2v) is 5.91. The topological polar surface area (TPSA) is 76.2 Å². The SMILES string of the molecule is CCOC(=O)c1[nH]c(C(C)=O)c(C(=O)c2cccc(Br)c2)c1C. The number of rotatable bonds is 5. The molecular weight excluding hydrogens is 362 g/mol. The number of ether oxygens (including phenoxy) is 1. The van der Waals surface area contributed by atoms with Crippen molar-refractivity contribution in [3.8, 4) is 0 Å². The Morgan fingerprint density at radius 2 is 1.91 bits per heavy atom. The first-order chi connectivity index (χ1) is 10.9. The van der Waals surface area contributed by atoms with Gasteiger partial charge in [0.25, 0.3) is 0 Å². The first-order valence-electron chi connectivity index (χ1n) is 7.07. The monoisotopic (exact) mass is 377 g/mol. The Morgan fingerprint density at radius 3 is 2.48 bits per heavy atom. The molecule has 0 spiro atoms. The van der Waals surface area contributed by atoms with Crippen LogP contribution in [0.15, 0.2) is 28.7 Å². The van der Waals surface area contributed by atoms with Gasteiger partial charge in [-0.15, -0.1) is 0 Å². The van der Waals surface area contributed by atoms with Gasteiger partial charge in [-0.05, 0) is 31.5 Å². The molecule has 120 valence electrons. The summed E-state index contributed by atoms with van der Waals surface area (Å²) in [6, 6.07) is 6.87. The molecule has 23 heavy (non-hydrogen) atoms. The highest BCUT2D eigenvalue weighted by atomic mass is 79.9. The van der Waals surface area contributed by atoms with Gasteiger partial charge >= 0.3 is 5.97 Å². The van der Waals surface area contributed by atoms with Crippen molar-refractivity contribution in [2.75, 3.05) is 6.61 Å². The first-order valence-corrected chi connectivity index (χ1v) is 7.87. The molecule has 0 aliphatic heterocycles. The average Bonchev–Trinajstić information content (AvgIpc) is 2.84. The fourth-order valence-corrected chi connectivity index (χ4v) is 2.72. The van der Waals surface area contributed by atoms with Crippen LogP contribution in [-0.2, 0) is 4.74 Å². The summed E-state index contributed by atoms with van der Waals surface area (Å²) < 4.78 is 5.72. The fourth-order valence-electron chi connectivity index (χ4n) is 2.32. The number of hydrogen-bond donors (Lipinski definition) is 1. The van der Waals surface area contributed by atoms with E-state index < -0.39 is 5.97 Å². The van der Waals surface area contributed by atoms with Crippen molar-refractivity contribution in [2.45, 2.75) is 20.8 Å². The van der Waals surface area contributed by atoms with Gasteiger partial charge in [0.1, 0.15) is 5.69 Å². The Kier molecular flexibility index (Phi) is 5.15. The van der Waals surface area contributed by atoms with Gasteiger partial charge in [-0.2, -0.15) is 0 Å². The summed E-state index contributed by atoms with van der Waals surface area (Å²) in [6.07, 6.45) is 0. The van der Waals surface area contributed by atoms with E-state index in [2.05, 4.69) is 20.9 Å². The summed E-state index contributed by atoms with van der Waals surface area (Å²) >= 11 is 3.32. The van der Waals surface area contributed by atoms with E-state index in [1.807, 2.05) is 0 Å². The lowest BCUT2D eigenvalue weighted by Crippen LogP contribution is -2.08. The van der Waals surface area contributed by atoms with E-state index in [0.717, 1.165) is 4.47 Å². The lowest BCUT2D eigenvalue weighted by Gasteiger charge is -2.04. The fraction of sp³-hybridized carbons (Fsp3) is 0.235. The van der Waals surface area contributed by atoms with Crippen LogP contribution in [0.4, 0.5) is 0 Å². The van der Waals surface area contributed by atoms with Gasteiger partial charge in [-0.3, -0.25) is 9.59 Å². The minimum atomic E-state index is -0.583. The molecule has 0 bridgehead atoms. The molecule has 0 saturated heterocycles. The summed E-state index contributed by atoms with van der Waals surface area (Å²) in [5.41, 5.74) is 1.31. The predicted octanol–water partition coefficient (Wildman–Crippen LogP) is 3.70. The molecule has 5 nitrogen and oxygen atoms in total. The first kappa shape index (κ1) is 17.1. The molecule has 2 rings (SSSR count). The minimum Gasteiger partial charge on any atom is -0.461 e. The molecule has 0 aliphatic carbocycles. The molecule has 0 amide bonds. The van der Waals surface area contributed by atoms with E-state index in [1.165, 1.54) is 6.92 Å². The van der Waals surface area contributed by atoms with E-state index in [-0.39, 0.29) is 35.1 Å². The van der Waals surface area contributed by atoms with Crippen LogP contribution in [0.2, 0.25) is 0 Å². The molecule has 1 aromatic carbocycles. The van der Waals surface area contributed by atoms with Crippen LogP contribution < -0.4 is 0 Å².